The van der Waals surface area contributed by atoms with Gasteiger partial charge in [0.15, 0.2) is 0 Å². The second-order valence-corrected chi connectivity index (χ2v) is 3.68. The molecule has 1 aromatic carbocycles. The van der Waals surface area contributed by atoms with E-state index in [1.54, 1.807) is 31.4 Å². The summed E-state index contributed by atoms with van der Waals surface area (Å²) in [4.78, 5) is 22.7. The average Bonchev–Trinajstić information content (AvgIpc) is 2.50. The molecule has 5 heteroatoms. The quantitative estimate of drug-likeness (QED) is 0.467. The minimum absolute atomic E-state index is 0.329. The zero-order chi connectivity index (χ0) is 15.0. The summed E-state index contributed by atoms with van der Waals surface area (Å²) >= 11 is 0. The molecule has 0 aliphatic carbocycles. The van der Waals surface area contributed by atoms with Crippen molar-refractivity contribution < 1.29 is 23.8 Å². The normalized spacial score (nSPS) is 11.2. The number of esters is 2. The first-order chi connectivity index (χ1) is 9.62. The Labute approximate surface area is 117 Å². The topological polar surface area (TPSA) is 61.8 Å². The monoisotopic (exact) mass is 276 g/mol. The summed E-state index contributed by atoms with van der Waals surface area (Å²) in [7, 11) is 4.13. The molecule has 0 aromatic heterocycles. The molecular formula is C15H16O5. The molecule has 0 saturated heterocycles. The van der Waals surface area contributed by atoms with Crippen molar-refractivity contribution in [2.45, 2.75) is 0 Å². The van der Waals surface area contributed by atoms with Crippen LogP contribution >= 0.6 is 0 Å². The predicted molar refractivity (Wildman–Crippen MR) is 74.1 cm³/mol. The maximum atomic E-state index is 11.7. The third-order valence-electron chi connectivity index (χ3n) is 2.50. The first kappa shape index (κ1) is 15.5. The van der Waals surface area contributed by atoms with Crippen LogP contribution in [0.15, 0.2) is 42.5 Å². The molecule has 0 fully saturated rings. The summed E-state index contributed by atoms with van der Waals surface area (Å²) in [6.07, 6.45) is 4.14. The largest absolute Gasteiger partial charge is 0.497 e. The van der Waals surface area contributed by atoms with Gasteiger partial charge in [-0.15, -0.1) is 0 Å². The fourth-order valence-electron chi connectivity index (χ4n) is 1.45. The number of ether oxygens (including phenoxy) is 3. The fourth-order valence-corrected chi connectivity index (χ4v) is 1.45. The molecule has 0 spiro atoms. The fraction of sp³-hybridized carbons (Fsp3) is 0.200. The zero-order valence-corrected chi connectivity index (χ0v) is 11.6. The van der Waals surface area contributed by atoms with E-state index in [9.17, 15) is 9.59 Å². The molecule has 20 heavy (non-hydrogen) atoms. The van der Waals surface area contributed by atoms with Gasteiger partial charge in [0.25, 0.3) is 0 Å². The van der Waals surface area contributed by atoms with E-state index in [4.69, 9.17) is 9.47 Å². The van der Waals surface area contributed by atoms with Crippen molar-refractivity contribution in [1.82, 2.24) is 0 Å². The predicted octanol–water partition coefficient (Wildman–Crippen LogP) is 1.98. The number of rotatable bonds is 5. The third-order valence-corrected chi connectivity index (χ3v) is 2.50. The Morgan fingerprint density at radius 2 is 1.65 bits per heavy atom. The van der Waals surface area contributed by atoms with Gasteiger partial charge in [0.05, 0.1) is 26.9 Å². The number of benzene rings is 1. The molecular weight excluding hydrogens is 260 g/mol. The minimum atomic E-state index is -0.500. The van der Waals surface area contributed by atoms with Crippen LogP contribution < -0.4 is 4.74 Å². The van der Waals surface area contributed by atoms with Gasteiger partial charge in [0.2, 0.25) is 0 Å². The summed E-state index contributed by atoms with van der Waals surface area (Å²) in [5.41, 5.74) is 0.988. The van der Waals surface area contributed by atoms with Crippen LogP contribution in [0.5, 0.6) is 5.75 Å². The second kappa shape index (κ2) is 7.78. The van der Waals surface area contributed by atoms with Crippen molar-refractivity contribution >= 4 is 17.5 Å². The lowest BCUT2D eigenvalue weighted by molar-refractivity contribution is -0.135. The van der Waals surface area contributed by atoms with Gasteiger partial charge in [0.1, 0.15) is 5.75 Å². The van der Waals surface area contributed by atoms with Crippen LogP contribution in [0.3, 0.4) is 0 Å². The Balaban J connectivity index is 3.05. The summed E-state index contributed by atoms with van der Waals surface area (Å²) in [6, 6.07) is 6.92. The number of allylic oxidation sites excluding steroid dienone is 2. The maximum absolute atomic E-state index is 11.7. The molecule has 0 aliphatic heterocycles. The lowest BCUT2D eigenvalue weighted by Gasteiger charge is -2.06. The number of carbonyl (C=O) groups is 2. The van der Waals surface area contributed by atoms with Gasteiger partial charge >= 0.3 is 11.9 Å². The summed E-state index contributed by atoms with van der Waals surface area (Å²) in [5, 5.41) is 0. The van der Waals surface area contributed by atoms with Crippen LogP contribution in [0, 0.1) is 0 Å². The molecule has 0 bridgehead atoms. The van der Waals surface area contributed by atoms with Crippen molar-refractivity contribution in [2.75, 3.05) is 21.3 Å². The molecule has 5 nitrogen and oxygen atoms in total. The molecule has 0 amide bonds. The summed E-state index contributed by atoms with van der Waals surface area (Å²) in [6.45, 7) is 0. The van der Waals surface area contributed by atoms with Crippen LogP contribution in [0.4, 0.5) is 0 Å². The van der Waals surface area contributed by atoms with E-state index < -0.39 is 11.9 Å². The number of hydrogen-bond donors (Lipinski definition) is 0. The van der Waals surface area contributed by atoms with E-state index >= 15 is 0 Å². The molecule has 1 aromatic rings. The molecule has 0 aliphatic rings. The third kappa shape index (κ3) is 4.28. The Kier molecular flexibility index (Phi) is 6.03. The molecule has 0 N–H and O–H groups in total. The number of hydrogen-bond acceptors (Lipinski definition) is 5. The van der Waals surface area contributed by atoms with E-state index in [1.807, 2.05) is 0 Å². The van der Waals surface area contributed by atoms with E-state index in [1.165, 1.54) is 32.4 Å². The second-order valence-electron chi connectivity index (χ2n) is 3.68. The van der Waals surface area contributed by atoms with Gasteiger partial charge < -0.3 is 14.2 Å². The van der Waals surface area contributed by atoms with Crippen molar-refractivity contribution in [3.63, 3.8) is 0 Å². The van der Waals surface area contributed by atoms with E-state index in [0.717, 1.165) is 0 Å². The molecule has 1 rings (SSSR count). The highest BCUT2D eigenvalue weighted by molar-refractivity contribution is 6.16. The Morgan fingerprint density at radius 1 is 1.00 bits per heavy atom. The van der Waals surface area contributed by atoms with Crippen molar-refractivity contribution in [1.29, 1.82) is 0 Å². The van der Waals surface area contributed by atoms with Crippen LogP contribution in [0.2, 0.25) is 0 Å². The van der Waals surface area contributed by atoms with Gasteiger partial charge in [-0.05, 0) is 23.8 Å². The van der Waals surface area contributed by atoms with Crippen LogP contribution in [-0.4, -0.2) is 33.3 Å². The molecule has 0 radical (unpaired) electrons. The van der Waals surface area contributed by atoms with E-state index in [2.05, 4.69) is 4.74 Å². The van der Waals surface area contributed by atoms with Gasteiger partial charge in [-0.25, -0.2) is 9.59 Å². The van der Waals surface area contributed by atoms with Gasteiger partial charge in [0, 0.05) is 6.08 Å². The van der Waals surface area contributed by atoms with Crippen molar-refractivity contribution in [3.8, 4) is 5.75 Å². The molecule has 106 valence electrons. The lowest BCUT2D eigenvalue weighted by Crippen LogP contribution is -2.03. The maximum Gasteiger partial charge on any atom is 0.338 e. The van der Waals surface area contributed by atoms with Gasteiger partial charge in [-0.2, -0.15) is 0 Å². The highest BCUT2D eigenvalue weighted by Gasteiger charge is 2.11. The summed E-state index contributed by atoms with van der Waals surface area (Å²) in [5.74, 6) is -0.312. The van der Waals surface area contributed by atoms with E-state index in [-0.39, 0.29) is 0 Å². The van der Waals surface area contributed by atoms with Crippen molar-refractivity contribution in [3.05, 3.63) is 48.1 Å². The standard InChI is InChI=1S/C15H16O5/c1-18-12-9-7-11(8-10-12)13(15(17)20-3)5-4-6-14(16)19-2/h4-10H,1-3H3. The lowest BCUT2D eigenvalue weighted by atomic mass is 10.1. The molecule has 0 saturated carbocycles. The molecule has 0 unspecified atom stereocenters. The van der Waals surface area contributed by atoms with Crippen LogP contribution in [0.1, 0.15) is 5.56 Å². The van der Waals surface area contributed by atoms with E-state index in [0.29, 0.717) is 16.9 Å². The zero-order valence-electron chi connectivity index (χ0n) is 11.6. The Hall–Kier alpha value is -2.56. The highest BCUT2D eigenvalue weighted by atomic mass is 16.5. The molecule has 0 atom stereocenters. The highest BCUT2D eigenvalue weighted by Crippen LogP contribution is 2.19. The number of carbonyl (C=O) groups excluding carboxylic acids is 2. The first-order valence-electron chi connectivity index (χ1n) is 5.81. The van der Waals surface area contributed by atoms with Crippen molar-refractivity contribution in [2.24, 2.45) is 0 Å². The Bertz CT molecular complexity index is 526. The smallest absolute Gasteiger partial charge is 0.338 e. The molecule has 0 heterocycles. The van der Waals surface area contributed by atoms with Gasteiger partial charge in [-0.1, -0.05) is 18.2 Å². The van der Waals surface area contributed by atoms with Crippen LogP contribution in [0.25, 0.3) is 5.57 Å². The average molecular weight is 276 g/mol. The minimum Gasteiger partial charge on any atom is -0.497 e. The SMILES string of the molecule is COC(=O)C=CC=C(C(=O)OC)c1ccc(OC)cc1. The van der Waals surface area contributed by atoms with Gasteiger partial charge in [-0.3, -0.25) is 0 Å². The number of methoxy groups -OCH3 is 3. The first-order valence-corrected chi connectivity index (χ1v) is 5.81. The summed E-state index contributed by atoms with van der Waals surface area (Å²) < 4.78 is 14.2. The Morgan fingerprint density at radius 3 is 2.15 bits per heavy atom. The van der Waals surface area contributed by atoms with Crippen LogP contribution in [-0.2, 0) is 19.1 Å².